The van der Waals surface area contributed by atoms with E-state index in [0.717, 1.165) is 21.6 Å². The molecule has 0 saturated heterocycles. The van der Waals surface area contributed by atoms with Crippen LogP contribution in [0, 0.1) is 6.92 Å². The molecule has 0 fully saturated rings. The SMILES string of the molecule is COc1cc2c(cc1OC)C(c1cccs1)N(S(=O)(=O)c1ccc(C)cc1)CC2. The van der Waals surface area contributed by atoms with Gasteiger partial charge in [-0.3, -0.25) is 0 Å². The molecule has 2 heterocycles. The molecule has 3 aromatic rings. The van der Waals surface area contributed by atoms with E-state index < -0.39 is 16.1 Å². The van der Waals surface area contributed by atoms with Gasteiger partial charge in [-0.1, -0.05) is 23.8 Å². The van der Waals surface area contributed by atoms with E-state index >= 15 is 0 Å². The lowest BCUT2D eigenvalue weighted by Crippen LogP contribution is -2.40. The summed E-state index contributed by atoms with van der Waals surface area (Å²) in [6, 6.07) is 14.4. The summed E-state index contributed by atoms with van der Waals surface area (Å²) < 4.78 is 39.7. The van der Waals surface area contributed by atoms with Crippen LogP contribution in [0.5, 0.6) is 11.5 Å². The van der Waals surface area contributed by atoms with E-state index in [9.17, 15) is 8.42 Å². The molecule has 1 unspecified atom stereocenters. The molecule has 7 heteroatoms. The van der Waals surface area contributed by atoms with Crippen LogP contribution >= 0.6 is 11.3 Å². The highest BCUT2D eigenvalue weighted by Gasteiger charge is 2.38. The molecule has 1 aliphatic rings. The minimum Gasteiger partial charge on any atom is -0.493 e. The fourth-order valence-corrected chi connectivity index (χ4v) is 6.28. The Morgan fingerprint density at radius 3 is 2.34 bits per heavy atom. The van der Waals surface area contributed by atoms with Crippen molar-refractivity contribution in [1.82, 2.24) is 4.31 Å². The summed E-state index contributed by atoms with van der Waals surface area (Å²) >= 11 is 1.56. The summed E-state index contributed by atoms with van der Waals surface area (Å²) in [7, 11) is -0.464. The summed E-state index contributed by atoms with van der Waals surface area (Å²) in [5.74, 6) is 1.26. The lowest BCUT2D eigenvalue weighted by Gasteiger charge is -2.36. The second-order valence-electron chi connectivity index (χ2n) is 7.00. The number of ether oxygens (including phenoxy) is 2. The predicted molar refractivity (Wildman–Crippen MR) is 114 cm³/mol. The van der Waals surface area contributed by atoms with Crippen LogP contribution < -0.4 is 9.47 Å². The number of fused-ring (bicyclic) bond motifs is 1. The van der Waals surface area contributed by atoms with Crippen molar-refractivity contribution in [3.63, 3.8) is 0 Å². The summed E-state index contributed by atoms with van der Waals surface area (Å²) in [6.07, 6.45) is 0.614. The van der Waals surface area contributed by atoms with Crippen molar-refractivity contribution >= 4 is 21.4 Å². The molecule has 5 nitrogen and oxygen atoms in total. The van der Waals surface area contributed by atoms with E-state index in [4.69, 9.17) is 9.47 Å². The Morgan fingerprint density at radius 1 is 1.03 bits per heavy atom. The van der Waals surface area contributed by atoms with E-state index in [0.29, 0.717) is 29.4 Å². The van der Waals surface area contributed by atoms with Crippen molar-refractivity contribution in [2.24, 2.45) is 0 Å². The Bertz CT molecular complexity index is 1110. The van der Waals surface area contributed by atoms with E-state index in [-0.39, 0.29) is 0 Å². The van der Waals surface area contributed by atoms with Crippen LogP contribution in [0.25, 0.3) is 0 Å². The number of hydrogen-bond donors (Lipinski definition) is 0. The molecule has 0 N–H and O–H groups in total. The maximum atomic E-state index is 13.6. The van der Waals surface area contributed by atoms with Gasteiger partial charge in [-0.2, -0.15) is 4.31 Å². The number of sulfonamides is 1. The van der Waals surface area contributed by atoms with Crippen molar-refractivity contribution in [3.8, 4) is 11.5 Å². The van der Waals surface area contributed by atoms with Gasteiger partial charge in [0, 0.05) is 11.4 Å². The minimum absolute atomic E-state index is 0.314. The topological polar surface area (TPSA) is 55.8 Å². The van der Waals surface area contributed by atoms with Gasteiger partial charge in [0.15, 0.2) is 11.5 Å². The summed E-state index contributed by atoms with van der Waals surface area (Å²) in [6.45, 7) is 2.35. The van der Waals surface area contributed by atoms with Gasteiger partial charge < -0.3 is 9.47 Å². The zero-order chi connectivity index (χ0) is 20.6. The van der Waals surface area contributed by atoms with Gasteiger partial charge in [0.25, 0.3) is 0 Å². The van der Waals surface area contributed by atoms with Crippen molar-refractivity contribution in [3.05, 3.63) is 75.5 Å². The molecular formula is C22H23NO4S2. The molecule has 2 aromatic carbocycles. The van der Waals surface area contributed by atoms with Crippen LogP contribution in [-0.4, -0.2) is 33.5 Å². The summed E-state index contributed by atoms with van der Waals surface area (Å²) in [5, 5.41) is 1.97. The molecule has 0 aliphatic carbocycles. The van der Waals surface area contributed by atoms with Crippen LogP contribution in [0.4, 0.5) is 0 Å². The average Bonchev–Trinajstić information content (AvgIpc) is 3.26. The molecule has 152 valence electrons. The van der Waals surface area contributed by atoms with Gasteiger partial charge in [0.2, 0.25) is 10.0 Å². The fraction of sp³-hybridized carbons (Fsp3) is 0.273. The number of methoxy groups -OCH3 is 2. The molecule has 1 aliphatic heterocycles. The average molecular weight is 430 g/mol. The number of aryl methyl sites for hydroxylation is 1. The smallest absolute Gasteiger partial charge is 0.243 e. The molecule has 4 rings (SSSR count). The highest BCUT2D eigenvalue weighted by Crippen LogP contribution is 2.44. The summed E-state index contributed by atoms with van der Waals surface area (Å²) in [4.78, 5) is 1.29. The minimum atomic E-state index is -3.66. The van der Waals surface area contributed by atoms with E-state index in [1.165, 1.54) is 0 Å². The molecular weight excluding hydrogens is 406 g/mol. The van der Waals surface area contributed by atoms with Crippen molar-refractivity contribution in [2.45, 2.75) is 24.3 Å². The zero-order valence-electron chi connectivity index (χ0n) is 16.6. The molecule has 0 spiro atoms. The van der Waals surface area contributed by atoms with Crippen LogP contribution in [0.1, 0.15) is 27.6 Å². The van der Waals surface area contributed by atoms with Gasteiger partial charge in [-0.15, -0.1) is 11.3 Å². The number of rotatable bonds is 5. The predicted octanol–water partition coefficient (Wildman–Crippen LogP) is 4.41. The number of thiophene rings is 1. The fourth-order valence-electron chi connectivity index (χ4n) is 3.77. The second kappa shape index (κ2) is 7.82. The first-order valence-corrected chi connectivity index (χ1v) is 11.6. The Morgan fingerprint density at radius 2 is 1.72 bits per heavy atom. The molecule has 0 bridgehead atoms. The Hall–Kier alpha value is -2.35. The lowest BCUT2D eigenvalue weighted by atomic mass is 9.92. The zero-order valence-corrected chi connectivity index (χ0v) is 18.2. The maximum Gasteiger partial charge on any atom is 0.243 e. The van der Waals surface area contributed by atoms with E-state index in [2.05, 4.69) is 0 Å². The highest BCUT2D eigenvalue weighted by atomic mass is 32.2. The van der Waals surface area contributed by atoms with Gasteiger partial charge >= 0.3 is 0 Å². The third kappa shape index (κ3) is 3.54. The van der Waals surface area contributed by atoms with E-state index in [1.54, 1.807) is 42.0 Å². The lowest BCUT2D eigenvalue weighted by molar-refractivity contribution is 0.334. The highest BCUT2D eigenvalue weighted by molar-refractivity contribution is 7.89. The second-order valence-corrected chi connectivity index (χ2v) is 9.87. The molecule has 0 amide bonds. The summed E-state index contributed by atoms with van der Waals surface area (Å²) in [5.41, 5.74) is 3.04. The maximum absolute atomic E-state index is 13.6. The monoisotopic (exact) mass is 429 g/mol. The third-order valence-electron chi connectivity index (χ3n) is 5.27. The molecule has 29 heavy (non-hydrogen) atoms. The first-order chi connectivity index (χ1) is 14.0. The number of hydrogen-bond acceptors (Lipinski definition) is 5. The van der Waals surface area contributed by atoms with Crippen molar-refractivity contribution in [1.29, 1.82) is 0 Å². The number of nitrogens with zero attached hydrogens (tertiary/aromatic N) is 1. The van der Waals surface area contributed by atoms with Crippen molar-refractivity contribution < 1.29 is 17.9 Å². The van der Waals surface area contributed by atoms with Crippen LogP contribution in [-0.2, 0) is 16.4 Å². The van der Waals surface area contributed by atoms with Gasteiger partial charge in [0.05, 0.1) is 25.2 Å². The largest absolute Gasteiger partial charge is 0.493 e. The quantitative estimate of drug-likeness (QED) is 0.603. The molecule has 1 atom stereocenters. The standard InChI is InChI=1S/C22H23NO4S2/c1-15-6-8-17(9-7-15)29(24,25)23-11-10-16-13-19(26-2)20(27-3)14-18(16)22(23)21-5-4-12-28-21/h4-9,12-14,22H,10-11H2,1-3H3. The molecule has 1 aromatic heterocycles. The van der Waals surface area contributed by atoms with Gasteiger partial charge in [-0.05, 0) is 60.2 Å². The molecule has 0 radical (unpaired) electrons. The Labute approximate surface area is 175 Å². The van der Waals surface area contributed by atoms with Crippen LogP contribution in [0.3, 0.4) is 0 Å². The third-order valence-corrected chi connectivity index (χ3v) is 8.07. The Kier molecular flexibility index (Phi) is 5.38. The van der Waals surface area contributed by atoms with Crippen LogP contribution in [0.2, 0.25) is 0 Å². The first kappa shape index (κ1) is 19.9. The normalized spacial score (nSPS) is 17.0. The van der Waals surface area contributed by atoms with Crippen LogP contribution in [0.15, 0.2) is 58.8 Å². The Balaban J connectivity index is 1.87. The van der Waals surface area contributed by atoms with Gasteiger partial charge in [0.1, 0.15) is 0 Å². The van der Waals surface area contributed by atoms with E-state index in [1.807, 2.05) is 48.7 Å². The molecule has 0 saturated carbocycles. The van der Waals surface area contributed by atoms with Gasteiger partial charge in [-0.25, -0.2) is 8.42 Å². The van der Waals surface area contributed by atoms with Crippen molar-refractivity contribution in [2.75, 3.05) is 20.8 Å². The number of benzene rings is 2. The first-order valence-electron chi connectivity index (χ1n) is 9.32.